The number of hydrogen-bond acceptors (Lipinski definition) is 4. The van der Waals surface area contributed by atoms with Crippen molar-refractivity contribution in [2.45, 2.75) is 20.8 Å². The number of rotatable bonds is 4. The molecule has 1 rings (SSSR count). The van der Waals surface area contributed by atoms with Gasteiger partial charge in [0.1, 0.15) is 0 Å². The molecule has 0 bridgehead atoms. The Bertz CT molecular complexity index is 407. The van der Waals surface area contributed by atoms with Crippen LogP contribution in [0, 0.1) is 0 Å². The van der Waals surface area contributed by atoms with Crippen LogP contribution >= 0.6 is 10.1 Å². The Morgan fingerprint density at radius 3 is 2.42 bits per heavy atom. The van der Waals surface area contributed by atoms with Crippen molar-refractivity contribution in [1.82, 2.24) is 9.88 Å². The molecule has 0 saturated heterocycles. The summed E-state index contributed by atoms with van der Waals surface area (Å²) < 4.78 is 0. The predicted octanol–water partition coefficient (Wildman–Crippen LogP) is 2.74. The molecule has 0 radical (unpaired) electrons. The van der Waals surface area contributed by atoms with Gasteiger partial charge in [-0.1, -0.05) is 6.07 Å². The normalized spacial score (nSPS) is 11.7. The van der Waals surface area contributed by atoms with Crippen molar-refractivity contribution in [2.75, 3.05) is 13.1 Å². The van der Waals surface area contributed by atoms with Crippen LogP contribution in [0.4, 0.5) is 0 Å². The van der Waals surface area contributed by atoms with Gasteiger partial charge in [0.25, 0.3) is 0 Å². The van der Waals surface area contributed by atoms with E-state index >= 15 is 0 Å². The number of amidine groups is 1. The molecule has 0 spiro atoms. The van der Waals surface area contributed by atoms with Crippen LogP contribution in [-0.4, -0.2) is 33.9 Å². The van der Waals surface area contributed by atoms with E-state index < -0.39 is 0 Å². The Morgan fingerprint density at radius 1 is 1.32 bits per heavy atom. The van der Waals surface area contributed by atoms with Crippen molar-refractivity contribution >= 4 is 33.6 Å². The number of halogens is 1. The molecular formula is C12H17ClCuN4S. The summed E-state index contributed by atoms with van der Waals surface area (Å²) in [6, 6.07) is 5.69. The Labute approximate surface area is 132 Å². The van der Waals surface area contributed by atoms with Crippen LogP contribution in [0.15, 0.2) is 34.6 Å². The fraction of sp³-hybridized carbons (Fsp3) is 0.417. The molecule has 19 heavy (non-hydrogen) atoms. The Balaban J connectivity index is 0.00000154. The van der Waals surface area contributed by atoms with Crippen molar-refractivity contribution < 1.29 is 15.1 Å². The van der Waals surface area contributed by atoms with Crippen molar-refractivity contribution in [3.63, 3.8) is 0 Å². The quantitative estimate of drug-likeness (QED) is 0.276. The topological polar surface area (TPSA) is 40.9 Å². The van der Waals surface area contributed by atoms with Crippen molar-refractivity contribution in [1.29, 1.82) is 0 Å². The zero-order valence-electron chi connectivity index (χ0n) is 11.1. The molecule has 0 aliphatic heterocycles. The van der Waals surface area contributed by atoms with E-state index in [1.165, 1.54) is 0 Å². The van der Waals surface area contributed by atoms with Crippen LogP contribution in [0.1, 0.15) is 26.5 Å². The van der Waals surface area contributed by atoms with Gasteiger partial charge in [-0.25, -0.2) is 0 Å². The second-order valence-corrected chi connectivity index (χ2v) is 3.82. The van der Waals surface area contributed by atoms with E-state index in [1.807, 2.05) is 43.9 Å². The first-order valence-corrected chi connectivity index (χ1v) is 7.46. The molecule has 0 aliphatic carbocycles. The summed E-state index contributed by atoms with van der Waals surface area (Å²) >= 11 is 8.83. The first kappa shape index (κ1) is 18.3. The molecule has 4 nitrogen and oxygen atoms in total. The Hall–Kier alpha value is -0.681. The second-order valence-electron chi connectivity index (χ2n) is 3.46. The molecule has 0 saturated carbocycles. The summed E-state index contributed by atoms with van der Waals surface area (Å²) in [5.74, 6) is 0. The van der Waals surface area contributed by atoms with Crippen molar-refractivity contribution in [3.05, 3.63) is 30.1 Å². The van der Waals surface area contributed by atoms with Gasteiger partial charge in [0, 0.05) is 24.5 Å². The zero-order chi connectivity index (χ0) is 14.7. The number of hydrogen-bond donors (Lipinski definition) is 0. The maximum absolute atomic E-state index is 5.17. The number of nitrogens with zero attached hydrogens (tertiary/aromatic N) is 4. The molecule has 0 fully saturated rings. The van der Waals surface area contributed by atoms with E-state index in [1.54, 1.807) is 6.20 Å². The van der Waals surface area contributed by atoms with Crippen LogP contribution in [0.3, 0.4) is 0 Å². The van der Waals surface area contributed by atoms with Gasteiger partial charge in [-0.05, 0) is 32.9 Å². The van der Waals surface area contributed by atoms with Crippen LogP contribution in [0.25, 0.3) is 0 Å². The van der Waals surface area contributed by atoms with Gasteiger partial charge in [-0.3, -0.25) is 4.98 Å². The molecule has 1 aromatic rings. The molecule has 0 N–H and O–H groups in total. The summed E-state index contributed by atoms with van der Waals surface area (Å²) in [6.45, 7) is 7.64. The molecule has 0 unspecified atom stereocenters. The molecular weight excluding hydrogens is 331 g/mol. The minimum absolute atomic E-state index is 0.519. The number of aromatic nitrogens is 1. The molecule has 0 atom stereocenters. The molecule has 1 aromatic heterocycles. The van der Waals surface area contributed by atoms with E-state index in [0.717, 1.165) is 24.5 Å². The third-order valence-corrected chi connectivity index (χ3v) is 2.69. The third-order valence-electron chi connectivity index (χ3n) is 2.36. The van der Waals surface area contributed by atoms with E-state index in [2.05, 4.69) is 40.4 Å². The second kappa shape index (κ2) is 11.2. The van der Waals surface area contributed by atoms with Gasteiger partial charge in [-0.15, -0.1) is 0 Å². The van der Waals surface area contributed by atoms with Crippen LogP contribution in [0.5, 0.6) is 0 Å². The Kier molecular flexibility index (Phi) is 10.8. The van der Waals surface area contributed by atoms with E-state index in [9.17, 15) is 0 Å². The van der Waals surface area contributed by atoms with Crippen LogP contribution < -0.4 is 0 Å². The Morgan fingerprint density at radius 2 is 1.95 bits per heavy atom. The summed E-state index contributed by atoms with van der Waals surface area (Å²) in [7, 11) is 4.20. The van der Waals surface area contributed by atoms with E-state index in [0.29, 0.717) is 5.17 Å². The molecule has 0 aromatic carbocycles. The average Bonchev–Trinajstić information content (AvgIpc) is 2.49. The first-order chi connectivity index (χ1) is 9.19. The van der Waals surface area contributed by atoms with Gasteiger partial charge in [0.15, 0.2) is 0 Å². The van der Waals surface area contributed by atoms with Crippen LogP contribution in [0.2, 0.25) is 0 Å². The first-order valence-electron chi connectivity index (χ1n) is 5.76. The molecule has 1 heterocycles. The molecule has 0 aliphatic rings. The van der Waals surface area contributed by atoms with Gasteiger partial charge in [0.2, 0.25) is 0 Å². The fourth-order valence-electron chi connectivity index (χ4n) is 1.30. The number of pyridine rings is 1. The van der Waals surface area contributed by atoms with Gasteiger partial charge in [0.05, 0.1) is 11.4 Å². The summed E-state index contributed by atoms with van der Waals surface area (Å²) in [6.07, 6.45) is 1.73. The van der Waals surface area contributed by atoms with Gasteiger partial charge in [-0.2, -0.15) is 10.2 Å². The summed E-state index contributed by atoms with van der Waals surface area (Å²) in [5.41, 5.74) is 1.58. The van der Waals surface area contributed by atoms with Crippen molar-refractivity contribution in [2.24, 2.45) is 10.2 Å². The molecule has 7 heteroatoms. The SMILES string of the molecule is CCN(CC)/C([S-])=N/N=C(\C)c1ccccn1.[Cl][Cu+]. The van der Waals surface area contributed by atoms with E-state index in [-0.39, 0.29) is 0 Å². The van der Waals surface area contributed by atoms with Gasteiger partial charge < -0.3 is 17.5 Å². The molecule has 109 valence electrons. The third kappa shape index (κ3) is 6.87. The summed E-state index contributed by atoms with van der Waals surface area (Å²) in [5, 5.41) is 8.67. The average molecular weight is 348 g/mol. The predicted molar refractivity (Wildman–Crippen MR) is 80.0 cm³/mol. The summed E-state index contributed by atoms with van der Waals surface area (Å²) in [4.78, 5) is 6.17. The van der Waals surface area contributed by atoms with Crippen molar-refractivity contribution in [3.8, 4) is 0 Å². The monoisotopic (exact) mass is 347 g/mol. The minimum atomic E-state index is 0.519. The molecule has 0 amide bonds. The van der Waals surface area contributed by atoms with Gasteiger partial charge >= 0.3 is 25.2 Å². The fourth-order valence-corrected chi connectivity index (χ4v) is 1.60. The van der Waals surface area contributed by atoms with Crippen LogP contribution in [-0.2, 0) is 27.7 Å². The van der Waals surface area contributed by atoms with E-state index in [4.69, 9.17) is 12.6 Å². The standard InChI is InChI=1S/C12H18N4S.ClH.Cu/c1-4-16(5-2)12(17)15-14-10(3)11-8-6-7-9-13-11;;/h6-9H,4-5H2,1-3H3,(H,15,17);1H;/q;;+2/p-2/b14-10+;;. The maximum atomic E-state index is 5.17. The zero-order valence-corrected chi connectivity index (χ0v) is 13.6.